The number of amides is 1. The van der Waals surface area contributed by atoms with E-state index in [1.54, 1.807) is 0 Å². The highest BCUT2D eigenvalue weighted by atomic mass is 32.1. The van der Waals surface area contributed by atoms with Crippen molar-refractivity contribution in [2.45, 2.75) is 38.8 Å². The molecule has 116 valence electrons. The largest absolute Gasteiger partial charge is 0.337 e. The van der Waals surface area contributed by atoms with Crippen LogP contribution in [0.1, 0.15) is 30.2 Å². The van der Waals surface area contributed by atoms with E-state index >= 15 is 0 Å². The number of nitrogens with one attached hydrogen (secondary N) is 1. The number of rotatable bonds is 7. The molecule has 1 saturated carbocycles. The molecule has 1 fully saturated rings. The van der Waals surface area contributed by atoms with Gasteiger partial charge in [-0.2, -0.15) is 0 Å². The molecule has 1 amide bonds. The number of likely N-dealkylation sites (N-methyl/N-ethyl adjacent to an activating group) is 1. The predicted octanol–water partition coefficient (Wildman–Crippen LogP) is 1.71. The quantitative estimate of drug-likeness (QED) is 0.779. The van der Waals surface area contributed by atoms with Gasteiger partial charge >= 0.3 is 0 Å². The molecule has 0 spiro atoms. The average molecular weight is 307 g/mol. The summed E-state index contributed by atoms with van der Waals surface area (Å²) >= 11 is 1.82. The van der Waals surface area contributed by atoms with Crippen LogP contribution in [-0.2, 0) is 17.8 Å². The van der Waals surface area contributed by atoms with Crippen molar-refractivity contribution in [1.82, 2.24) is 15.1 Å². The van der Waals surface area contributed by atoms with E-state index in [1.165, 1.54) is 23.3 Å². The van der Waals surface area contributed by atoms with E-state index in [9.17, 15) is 4.79 Å². The molecule has 2 aliphatic rings. The van der Waals surface area contributed by atoms with Gasteiger partial charge in [0, 0.05) is 37.1 Å². The first-order chi connectivity index (χ1) is 10.3. The minimum absolute atomic E-state index is 0.237. The third kappa shape index (κ3) is 3.84. The lowest BCUT2D eigenvalue weighted by Crippen LogP contribution is -2.42. The standard InChI is InChI=1S/C16H25N3OS/c1-2-18(14-3-4-14)9-7-17-11-16(20)19-8-5-15-13(12-19)6-10-21-15/h6,10,14,17H,2-5,7-9,11-12H2,1H3. The molecule has 1 aliphatic heterocycles. The van der Waals surface area contributed by atoms with E-state index in [0.29, 0.717) is 6.54 Å². The summed E-state index contributed by atoms with van der Waals surface area (Å²) in [5, 5.41) is 5.45. The summed E-state index contributed by atoms with van der Waals surface area (Å²) in [4.78, 5) is 18.2. The molecule has 2 heterocycles. The van der Waals surface area contributed by atoms with Gasteiger partial charge in [0.1, 0.15) is 0 Å². The van der Waals surface area contributed by atoms with Gasteiger partial charge in [-0.3, -0.25) is 9.69 Å². The highest BCUT2D eigenvalue weighted by Crippen LogP contribution is 2.26. The third-order valence-corrected chi connectivity index (χ3v) is 5.50. The van der Waals surface area contributed by atoms with Crippen LogP contribution in [0.3, 0.4) is 0 Å². The van der Waals surface area contributed by atoms with Crippen molar-refractivity contribution in [3.8, 4) is 0 Å². The molecule has 0 saturated heterocycles. The molecule has 4 nitrogen and oxygen atoms in total. The zero-order valence-electron chi connectivity index (χ0n) is 12.8. The van der Waals surface area contributed by atoms with Gasteiger partial charge in [-0.25, -0.2) is 0 Å². The molecule has 1 aromatic heterocycles. The summed E-state index contributed by atoms with van der Waals surface area (Å²) in [5.74, 6) is 0.237. The van der Waals surface area contributed by atoms with Gasteiger partial charge in [-0.05, 0) is 42.8 Å². The van der Waals surface area contributed by atoms with Gasteiger partial charge in [0.05, 0.1) is 6.54 Å². The van der Waals surface area contributed by atoms with Crippen molar-refractivity contribution in [2.75, 3.05) is 32.7 Å². The van der Waals surface area contributed by atoms with Crippen molar-refractivity contribution in [3.05, 3.63) is 21.9 Å². The fourth-order valence-corrected chi connectivity index (χ4v) is 3.92. The molecule has 0 unspecified atom stereocenters. The maximum Gasteiger partial charge on any atom is 0.236 e. The minimum Gasteiger partial charge on any atom is -0.337 e. The van der Waals surface area contributed by atoms with Crippen LogP contribution in [0.4, 0.5) is 0 Å². The molecule has 1 N–H and O–H groups in total. The Morgan fingerprint density at radius 3 is 3.14 bits per heavy atom. The number of hydrogen-bond acceptors (Lipinski definition) is 4. The van der Waals surface area contributed by atoms with E-state index in [1.807, 2.05) is 16.2 Å². The third-order valence-electron chi connectivity index (χ3n) is 4.48. The number of carbonyl (C=O) groups is 1. The lowest BCUT2D eigenvalue weighted by atomic mass is 10.1. The zero-order chi connectivity index (χ0) is 14.7. The summed E-state index contributed by atoms with van der Waals surface area (Å²) in [6.45, 7) is 7.45. The van der Waals surface area contributed by atoms with Crippen molar-refractivity contribution in [1.29, 1.82) is 0 Å². The van der Waals surface area contributed by atoms with Crippen molar-refractivity contribution in [3.63, 3.8) is 0 Å². The van der Waals surface area contributed by atoms with Crippen LogP contribution >= 0.6 is 11.3 Å². The monoisotopic (exact) mass is 307 g/mol. The average Bonchev–Trinajstić information content (AvgIpc) is 3.23. The molecule has 21 heavy (non-hydrogen) atoms. The Hall–Kier alpha value is -0.910. The van der Waals surface area contributed by atoms with E-state index in [2.05, 4.69) is 28.6 Å². The summed E-state index contributed by atoms with van der Waals surface area (Å²) in [6, 6.07) is 2.97. The zero-order valence-corrected chi connectivity index (χ0v) is 13.6. The lowest BCUT2D eigenvalue weighted by molar-refractivity contribution is -0.131. The topological polar surface area (TPSA) is 35.6 Å². The molecule has 0 radical (unpaired) electrons. The normalized spacial score (nSPS) is 18.1. The summed E-state index contributed by atoms with van der Waals surface area (Å²) < 4.78 is 0. The molecule has 3 rings (SSSR count). The van der Waals surface area contributed by atoms with Crippen molar-refractivity contribution in [2.24, 2.45) is 0 Å². The van der Waals surface area contributed by atoms with Crippen LogP contribution in [0, 0.1) is 0 Å². The van der Waals surface area contributed by atoms with Gasteiger partial charge in [0.25, 0.3) is 0 Å². The van der Waals surface area contributed by atoms with Gasteiger partial charge in [0.15, 0.2) is 0 Å². The Kier molecular flexibility index (Phi) is 4.93. The van der Waals surface area contributed by atoms with Gasteiger partial charge < -0.3 is 10.2 Å². The maximum absolute atomic E-state index is 12.2. The Morgan fingerprint density at radius 2 is 2.38 bits per heavy atom. The second-order valence-electron chi connectivity index (χ2n) is 5.97. The second kappa shape index (κ2) is 6.90. The molecule has 0 atom stereocenters. The molecule has 0 aromatic carbocycles. The first-order valence-electron chi connectivity index (χ1n) is 8.05. The Balaban J connectivity index is 1.37. The Labute approximate surface area is 131 Å². The van der Waals surface area contributed by atoms with E-state index in [-0.39, 0.29) is 5.91 Å². The SMILES string of the molecule is CCN(CCNCC(=O)N1CCc2sccc2C1)C1CC1. The van der Waals surface area contributed by atoms with Crippen LogP contribution in [0.5, 0.6) is 0 Å². The van der Waals surface area contributed by atoms with Crippen LogP contribution < -0.4 is 5.32 Å². The number of hydrogen-bond donors (Lipinski definition) is 1. The molecular formula is C16H25N3OS. The maximum atomic E-state index is 12.2. The second-order valence-corrected chi connectivity index (χ2v) is 6.97. The summed E-state index contributed by atoms with van der Waals surface area (Å²) in [7, 11) is 0. The molecule has 1 aliphatic carbocycles. The summed E-state index contributed by atoms with van der Waals surface area (Å²) in [5.41, 5.74) is 1.34. The molecule has 1 aromatic rings. The summed E-state index contributed by atoms with van der Waals surface area (Å²) in [6.07, 6.45) is 3.72. The van der Waals surface area contributed by atoms with E-state index in [0.717, 1.165) is 45.2 Å². The highest BCUT2D eigenvalue weighted by Gasteiger charge is 2.27. The Morgan fingerprint density at radius 1 is 1.52 bits per heavy atom. The highest BCUT2D eigenvalue weighted by molar-refractivity contribution is 7.10. The predicted molar refractivity (Wildman–Crippen MR) is 86.6 cm³/mol. The van der Waals surface area contributed by atoms with Crippen LogP contribution in [0.25, 0.3) is 0 Å². The number of carbonyl (C=O) groups excluding carboxylic acids is 1. The van der Waals surface area contributed by atoms with Gasteiger partial charge in [-0.1, -0.05) is 6.92 Å². The van der Waals surface area contributed by atoms with Crippen LogP contribution in [-0.4, -0.2) is 54.5 Å². The van der Waals surface area contributed by atoms with Gasteiger partial charge in [0.2, 0.25) is 5.91 Å². The Bertz CT molecular complexity index is 484. The van der Waals surface area contributed by atoms with E-state index in [4.69, 9.17) is 0 Å². The number of thiophene rings is 1. The first-order valence-corrected chi connectivity index (χ1v) is 8.93. The van der Waals surface area contributed by atoms with Crippen LogP contribution in [0.2, 0.25) is 0 Å². The van der Waals surface area contributed by atoms with E-state index < -0.39 is 0 Å². The fourth-order valence-electron chi connectivity index (χ4n) is 3.03. The molecular weight excluding hydrogens is 282 g/mol. The fraction of sp³-hybridized carbons (Fsp3) is 0.688. The number of nitrogens with zero attached hydrogens (tertiary/aromatic N) is 2. The van der Waals surface area contributed by atoms with Gasteiger partial charge in [-0.15, -0.1) is 11.3 Å². The first kappa shape index (κ1) is 15.0. The number of fused-ring (bicyclic) bond motifs is 1. The van der Waals surface area contributed by atoms with Crippen molar-refractivity contribution < 1.29 is 4.79 Å². The lowest BCUT2D eigenvalue weighted by Gasteiger charge is -2.27. The van der Waals surface area contributed by atoms with Crippen molar-refractivity contribution >= 4 is 17.2 Å². The minimum atomic E-state index is 0.237. The molecule has 5 heteroatoms. The smallest absolute Gasteiger partial charge is 0.236 e. The molecule has 0 bridgehead atoms. The van der Waals surface area contributed by atoms with Crippen LogP contribution in [0.15, 0.2) is 11.4 Å².